The molecule has 2 rings (SSSR count). The predicted molar refractivity (Wildman–Crippen MR) is 95.4 cm³/mol. The minimum absolute atomic E-state index is 0.468. The third-order valence-corrected chi connectivity index (χ3v) is 3.59. The van der Waals surface area contributed by atoms with E-state index in [0.717, 1.165) is 41.5 Å². The molecule has 1 aromatic heterocycles. The predicted octanol–water partition coefficient (Wildman–Crippen LogP) is 2.47. The van der Waals surface area contributed by atoms with Crippen LogP contribution in [0.1, 0.15) is 12.5 Å². The maximum absolute atomic E-state index is 5.79. The van der Waals surface area contributed by atoms with Crippen molar-refractivity contribution >= 4 is 5.82 Å². The minimum atomic E-state index is 0.468. The number of hydrogen-bond donors (Lipinski definition) is 2. The average Bonchev–Trinajstić information content (AvgIpc) is 2.61. The van der Waals surface area contributed by atoms with Crippen molar-refractivity contribution in [3.8, 4) is 22.8 Å². The number of ether oxygens (including phenoxy) is 3. The van der Waals surface area contributed by atoms with Crippen LogP contribution in [0.3, 0.4) is 0 Å². The number of nitrogens with two attached hydrogens (primary N) is 1. The highest BCUT2D eigenvalue weighted by Gasteiger charge is 2.14. The summed E-state index contributed by atoms with van der Waals surface area (Å²) in [6.07, 6.45) is 0. The summed E-state index contributed by atoms with van der Waals surface area (Å²) in [5.41, 5.74) is 8.40. The number of rotatable bonds is 9. The summed E-state index contributed by atoms with van der Waals surface area (Å²) in [5, 5.41) is 3.33. The number of nitrogen functional groups attached to an aromatic ring is 1. The van der Waals surface area contributed by atoms with Crippen LogP contribution in [0, 0.1) is 0 Å². The summed E-state index contributed by atoms with van der Waals surface area (Å²) in [6, 6.07) is 9.41. The number of aromatic nitrogens is 1. The fraction of sp³-hybridized carbons (Fsp3) is 0.389. The van der Waals surface area contributed by atoms with Crippen LogP contribution in [0.15, 0.2) is 30.3 Å². The zero-order valence-corrected chi connectivity index (χ0v) is 14.5. The fourth-order valence-corrected chi connectivity index (χ4v) is 2.41. The van der Waals surface area contributed by atoms with Gasteiger partial charge in [-0.2, -0.15) is 0 Å². The number of nitrogens with one attached hydrogen (secondary N) is 1. The lowest BCUT2D eigenvalue weighted by molar-refractivity contribution is 0.149. The third-order valence-electron chi connectivity index (χ3n) is 3.59. The number of hydrogen-bond acceptors (Lipinski definition) is 6. The average molecular weight is 331 g/mol. The Morgan fingerprint density at radius 1 is 1.12 bits per heavy atom. The van der Waals surface area contributed by atoms with E-state index in [1.54, 1.807) is 20.3 Å². The summed E-state index contributed by atoms with van der Waals surface area (Å²) in [6.45, 7) is 4.83. The van der Waals surface area contributed by atoms with Crippen LogP contribution in [0.5, 0.6) is 11.5 Å². The van der Waals surface area contributed by atoms with Gasteiger partial charge in [0.1, 0.15) is 17.3 Å². The quantitative estimate of drug-likeness (QED) is 0.687. The van der Waals surface area contributed by atoms with Crippen LogP contribution < -0.4 is 20.5 Å². The van der Waals surface area contributed by atoms with Crippen molar-refractivity contribution in [1.29, 1.82) is 0 Å². The second-order valence-corrected chi connectivity index (χ2v) is 5.19. The number of anilines is 1. The molecule has 0 spiro atoms. The second-order valence-electron chi connectivity index (χ2n) is 5.19. The molecule has 2 aromatic rings. The normalized spacial score (nSPS) is 10.6. The van der Waals surface area contributed by atoms with Crippen LogP contribution in [-0.4, -0.2) is 39.0 Å². The maximum atomic E-state index is 5.79. The molecule has 0 amide bonds. The Hall–Kier alpha value is -2.31. The number of benzene rings is 1. The van der Waals surface area contributed by atoms with Crippen molar-refractivity contribution in [2.24, 2.45) is 0 Å². The molecule has 0 saturated carbocycles. The van der Waals surface area contributed by atoms with Gasteiger partial charge < -0.3 is 25.3 Å². The van der Waals surface area contributed by atoms with Crippen molar-refractivity contribution in [2.45, 2.75) is 13.5 Å². The van der Waals surface area contributed by atoms with Crippen molar-refractivity contribution in [3.63, 3.8) is 0 Å². The Balaban J connectivity index is 2.25. The van der Waals surface area contributed by atoms with E-state index in [9.17, 15) is 0 Å². The Kier molecular flexibility index (Phi) is 6.84. The van der Waals surface area contributed by atoms with E-state index in [4.69, 9.17) is 19.9 Å². The van der Waals surface area contributed by atoms with E-state index in [0.29, 0.717) is 19.0 Å². The molecule has 24 heavy (non-hydrogen) atoms. The van der Waals surface area contributed by atoms with Gasteiger partial charge in [-0.1, -0.05) is 6.07 Å². The van der Waals surface area contributed by atoms with Gasteiger partial charge in [0.25, 0.3) is 0 Å². The maximum Gasteiger partial charge on any atom is 0.128 e. The molecule has 3 N–H and O–H groups in total. The lowest BCUT2D eigenvalue weighted by atomic mass is 10.0. The van der Waals surface area contributed by atoms with Gasteiger partial charge in [-0.3, -0.25) is 0 Å². The summed E-state index contributed by atoms with van der Waals surface area (Å²) < 4.78 is 16.4. The molecule has 0 atom stereocenters. The van der Waals surface area contributed by atoms with Crippen LogP contribution >= 0.6 is 0 Å². The van der Waals surface area contributed by atoms with Crippen LogP contribution in [0.4, 0.5) is 5.82 Å². The van der Waals surface area contributed by atoms with Gasteiger partial charge in [-0.15, -0.1) is 0 Å². The highest BCUT2D eigenvalue weighted by Crippen LogP contribution is 2.35. The van der Waals surface area contributed by atoms with Gasteiger partial charge in [0.05, 0.1) is 26.5 Å². The Bertz CT molecular complexity index is 662. The van der Waals surface area contributed by atoms with E-state index in [2.05, 4.69) is 10.3 Å². The first-order chi connectivity index (χ1) is 11.7. The van der Waals surface area contributed by atoms with E-state index in [-0.39, 0.29) is 0 Å². The molecule has 0 saturated heterocycles. The first-order valence-electron chi connectivity index (χ1n) is 7.95. The summed E-state index contributed by atoms with van der Waals surface area (Å²) in [7, 11) is 3.30. The van der Waals surface area contributed by atoms with E-state index in [1.807, 2.05) is 31.2 Å². The summed E-state index contributed by atoms with van der Waals surface area (Å²) >= 11 is 0. The van der Waals surface area contributed by atoms with Crippen LogP contribution in [0.2, 0.25) is 0 Å². The zero-order valence-electron chi connectivity index (χ0n) is 14.5. The topological polar surface area (TPSA) is 78.6 Å². The molecule has 0 radical (unpaired) electrons. The number of nitrogens with zero attached hydrogens (tertiary/aromatic N) is 1. The van der Waals surface area contributed by atoms with E-state index in [1.165, 1.54) is 0 Å². The highest BCUT2D eigenvalue weighted by atomic mass is 16.5. The van der Waals surface area contributed by atoms with E-state index < -0.39 is 0 Å². The smallest absolute Gasteiger partial charge is 0.128 e. The lowest BCUT2D eigenvalue weighted by Crippen LogP contribution is -2.19. The fourth-order valence-electron chi connectivity index (χ4n) is 2.41. The molecule has 1 heterocycles. The molecule has 6 nitrogen and oxygen atoms in total. The molecule has 0 bridgehead atoms. The highest BCUT2D eigenvalue weighted by molar-refractivity contribution is 5.71. The van der Waals surface area contributed by atoms with Crippen molar-refractivity contribution in [2.75, 3.05) is 39.7 Å². The van der Waals surface area contributed by atoms with Crippen LogP contribution in [0.25, 0.3) is 11.3 Å². The molecular weight excluding hydrogens is 306 g/mol. The SMILES string of the molecule is CCOCCNCc1cc(OC)c(-c2cccc(N)n2)cc1OC. The van der Waals surface area contributed by atoms with Gasteiger partial charge in [0, 0.05) is 30.8 Å². The molecule has 0 aliphatic heterocycles. The van der Waals surface area contributed by atoms with Crippen LogP contribution in [-0.2, 0) is 11.3 Å². The molecule has 0 aliphatic rings. The first-order valence-corrected chi connectivity index (χ1v) is 7.95. The molecule has 0 fully saturated rings. The largest absolute Gasteiger partial charge is 0.496 e. The van der Waals surface area contributed by atoms with Gasteiger partial charge in [0.2, 0.25) is 0 Å². The molecule has 130 valence electrons. The van der Waals surface area contributed by atoms with Gasteiger partial charge in [-0.25, -0.2) is 4.98 Å². The van der Waals surface area contributed by atoms with Gasteiger partial charge >= 0.3 is 0 Å². The molecular formula is C18H25N3O3. The first kappa shape index (κ1) is 18.0. The molecule has 6 heteroatoms. The Morgan fingerprint density at radius 3 is 2.58 bits per heavy atom. The summed E-state index contributed by atoms with van der Waals surface area (Å²) in [4.78, 5) is 4.36. The number of methoxy groups -OCH3 is 2. The number of pyridine rings is 1. The van der Waals surface area contributed by atoms with Crippen molar-refractivity contribution in [1.82, 2.24) is 10.3 Å². The van der Waals surface area contributed by atoms with Gasteiger partial charge in [-0.05, 0) is 31.2 Å². The lowest BCUT2D eigenvalue weighted by Gasteiger charge is -2.15. The Morgan fingerprint density at radius 2 is 1.92 bits per heavy atom. The molecule has 0 unspecified atom stereocenters. The minimum Gasteiger partial charge on any atom is -0.496 e. The summed E-state index contributed by atoms with van der Waals surface area (Å²) in [5.74, 6) is 1.98. The standard InChI is InChI=1S/C18H25N3O3/c1-4-24-9-8-20-12-13-10-17(23-3)14(11-16(13)22-2)15-6-5-7-18(19)21-15/h5-7,10-11,20H,4,8-9,12H2,1-3H3,(H2,19,21). The molecule has 1 aromatic carbocycles. The Labute approximate surface area is 142 Å². The van der Waals surface area contributed by atoms with E-state index >= 15 is 0 Å². The van der Waals surface area contributed by atoms with Crippen molar-refractivity contribution in [3.05, 3.63) is 35.9 Å². The monoisotopic (exact) mass is 331 g/mol. The molecule has 0 aliphatic carbocycles. The third kappa shape index (κ3) is 4.59. The van der Waals surface area contributed by atoms with Crippen molar-refractivity contribution < 1.29 is 14.2 Å². The van der Waals surface area contributed by atoms with Gasteiger partial charge in [0.15, 0.2) is 0 Å². The zero-order chi connectivity index (χ0) is 17.4. The second kappa shape index (κ2) is 9.10.